The van der Waals surface area contributed by atoms with Gasteiger partial charge in [-0.2, -0.15) is 0 Å². The average molecular weight is 291 g/mol. The van der Waals surface area contributed by atoms with E-state index in [4.69, 9.17) is 11.6 Å². The molecule has 1 aromatic rings. The van der Waals surface area contributed by atoms with Crippen molar-refractivity contribution in [2.45, 2.75) is 25.6 Å². The molecule has 0 fully saturated rings. The van der Waals surface area contributed by atoms with Gasteiger partial charge in [0.2, 0.25) is 0 Å². The molecule has 0 aliphatic heterocycles. The van der Waals surface area contributed by atoms with Gasteiger partial charge in [-0.25, -0.2) is 0 Å². The molecule has 15 heavy (non-hydrogen) atoms. The second-order valence-electron chi connectivity index (χ2n) is 3.49. The quantitative estimate of drug-likeness (QED) is 0.723. The van der Waals surface area contributed by atoms with Crippen LogP contribution in [0.3, 0.4) is 0 Å². The first-order valence-corrected chi connectivity index (χ1v) is 6.82. The number of anilines is 1. The summed E-state index contributed by atoms with van der Waals surface area (Å²) >= 11 is 9.59. The Morgan fingerprint density at radius 2 is 2.07 bits per heavy atom. The summed E-state index contributed by atoms with van der Waals surface area (Å²) in [5.41, 5.74) is 2.36. The van der Waals surface area contributed by atoms with Crippen LogP contribution in [-0.2, 0) is 5.33 Å². The molecule has 1 aromatic carbocycles. The molecule has 0 N–H and O–H groups in total. The molecule has 0 aromatic heterocycles. The molecule has 0 spiro atoms. The molecule has 0 unspecified atom stereocenters. The van der Waals surface area contributed by atoms with Crippen molar-refractivity contribution in [3.8, 4) is 0 Å². The minimum Gasteiger partial charge on any atom is -0.372 e. The van der Waals surface area contributed by atoms with Gasteiger partial charge in [-0.05, 0) is 31.0 Å². The first-order chi connectivity index (χ1) is 7.22. The summed E-state index contributed by atoms with van der Waals surface area (Å²) < 4.78 is 0. The topological polar surface area (TPSA) is 3.24 Å². The van der Waals surface area contributed by atoms with Crippen molar-refractivity contribution in [2.24, 2.45) is 0 Å². The molecule has 1 nitrogen and oxygen atoms in total. The molecule has 0 atom stereocenters. The van der Waals surface area contributed by atoms with Crippen LogP contribution in [0.1, 0.15) is 25.8 Å². The minimum absolute atomic E-state index is 0.812. The van der Waals surface area contributed by atoms with Gasteiger partial charge in [-0.3, -0.25) is 0 Å². The van der Waals surface area contributed by atoms with Gasteiger partial charge in [-0.1, -0.05) is 40.5 Å². The van der Waals surface area contributed by atoms with Crippen LogP contribution in [0.5, 0.6) is 0 Å². The van der Waals surface area contributed by atoms with E-state index >= 15 is 0 Å². The van der Waals surface area contributed by atoms with Crippen molar-refractivity contribution in [3.63, 3.8) is 0 Å². The van der Waals surface area contributed by atoms with E-state index in [1.165, 1.54) is 5.69 Å². The van der Waals surface area contributed by atoms with E-state index in [1.54, 1.807) is 0 Å². The molecule has 1 rings (SSSR count). The average Bonchev–Trinajstić information content (AvgIpc) is 2.25. The Bertz CT molecular complexity index is 314. The van der Waals surface area contributed by atoms with Crippen LogP contribution < -0.4 is 4.90 Å². The number of benzene rings is 1. The largest absolute Gasteiger partial charge is 0.372 e. The lowest BCUT2D eigenvalue weighted by atomic mass is 10.2. The molecule has 0 heterocycles. The highest BCUT2D eigenvalue weighted by Gasteiger charge is 2.05. The second-order valence-corrected chi connectivity index (χ2v) is 4.46. The molecule has 0 saturated heterocycles. The lowest BCUT2D eigenvalue weighted by Gasteiger charge is -2.23. The monoisotopic (exact) mass is 289 g/mol. The SMILES string of the molecule is CCCN(CC)c1ccc(CBr)c(Cl)c1. The van der Waals surface area contributed by atoms with E-state index in [9.17, 15) is 0 Å². The van der Waals surface area contributed by atoms with Crippen molar-refractivity contribution in [2.75, 3.05) is 18.0 Å². The smallest absolute Gasteiger partial charge is 0.0467 e. The Hall–Kier alpha value is -0.210. The normalized spacial score (nSPS) is 10.4. The Balaban J connectivity index is 2.89. The Kier molecular flexibility index (Phi) is 5.48. The predicted molar refractivity (Wildman–Crippen MR) is 72.3 cm³/mol. The van der Waals surface area contributed by atoms with Crippen LogP contribution >= 0.6 is 27.5 Å². The maximum absolute atomic E-state index is 6.17. The number of alkyl halides is 1. The number of hydrogen-bond donors (Lipinski definition) is 0. The summed E-state index contributed by atoms with van der Waals surface area (Å²) in [4.78, 5) is 2.34. The van der Waals surface area contributed by atoms with Crippen molar-refractivity contribution in [1.29, 1.82) is 0 Å². The third kappa shape index (κ3) is 3.39. The zero-order valence-electron chi connectivity index (χ0n) is 9.26. The minimum atomic E-state index is 0.812. The standard InChI is InChI=1S/C12H17BrClN/c1-3-7-15(4-2)11-6-5-10(9-13)12(14)8-11/h5-6,8H,3-4,7,9H2,1-2H3. The van der Waals surface area contributed by atoms with Crippen LogP contribution in [0.15, 0.2) is 18.2 Å². The van der Waals surface area contributed by atoms with Gasteiger partial charge >= 0.3 is 0 Å². The first-order valence-electron chi connectivity index (χ1n) is 5.32. The van der Waals surface area contributed by atoms with E-state index in [1.807, 2.05) is 0 Å². The highest BCUT2D eigenvalue weighted by atomic mass is 79.9. The van der Waals surface area contributed by atoms with Gasteiger partial charge in [0.25, 0.3) is 0 Å². The van der Waals surface area contributed by atoms with Crippen LogP contribution in [0, 0.1) is 0 Å². The van der Waals surface area contributed by atoms with E-state index in [0.29, 0.717) is 0 Å². The number of nitrogens with zero attached hydrogens (tertiary/aromatic N) is 1. The highest BCUT2D eigenvalue weighted by Crippen LogP contribution is 2.25. The first kappa shape index (κ1) is 12.9. The van der Waals surface area contributed by atoms with Crippen molar-refractivity contribution in [1.82, 2.24) is 0 Å². The summed E-state index contributed by atoms with van der Waals surface area (Å²) in [6.45, 7) is 6.47. The zero-order chi connectivity index (χ0) is 11.3. The lowest BCUT2D eigenvalue weighted by Crippen LogP contribution is -2.23. The van der Waals surface area contributed by atoms with Gasteiger partial charge < -0.3 is 4.90 Å². The molecule has 0 aliphatic rings. The molecule has 0 saturated carbocycles. The summed E-state index contributed by atoms with van der Waals surface area (Å²) in [7, 11) is 0. The zero-order valence-corrected chi connectivity index (χ0v) is 11.6. The summed E-state index contributed by atoms with van der Waals surface area (Å²) in [6, 6.07) is 6.28. The number of halogens is 2. The lowest BCUT2D eigenvalue weighted by molar-refractivity contribution is 0.792. The summed E-state index contributed by atoms with van der Waals surface area (Å²) in [6.07, 6.45) is 1.16. The van der Waals surface area contributed by atoms with Crippen molar-refractivity contribution < 1.29 is 0 Å². The fraction of sp³-hybridized carbons (Fsp3) is 0.500. The predicted octanol–water partition coefficient (Wildman–Crippen LogP) is 4.47. The maximum atomic E-state index is 6.17. The molecular weight excluding hydrogens is 273 g/mol. The van der Waals surface area contributed by atoms with Crippen molar-refractivity contribution >= 4 is 33.2 Å². The van der Waals surface area contributed by atoms with Crippen LogP contribution in [0.25, 0.3) is 0 Å². The Labute approximate surface area is 106 Å². The summed E-state index contributed by atoms with van der Waals surface area (Å²) in [5, 5.41) is 1.66. The molecule has 84 valence electrons. The summed E-state index contributed by atoms with van der Waals surface area (Å²) in [5.74, 6) is 0. The molecule has 3 heteroatoms. The maximum Gasteiger partial charge on any atom is 0.0467 e. The highest BCUT2D eigenvalue weighted by molar-refractivity contribution is 9.08. The molecule has 0 aliphatic carbocycles. The Morgan fingerprint density at radius 3 is 2.53 bits per heavy atom. The van der Waals surface area contributed by atoms with E-state index in [2.05, 4.69) is 52.9 Å². The fourth-order valence-corrected chi connectivity index (χ4v) is 2.47. The molecule has 0 amide bonds. The van der Waals surface area contributed by atoms with E-state index in [-0.39, 0.29) is 0 Å². The van der Waals surface area contributed by atoms with Crippen LogP contribution in [-0.4, -0.2) is 13.1 Å². The third-order valence-corrected chi connectivity index (χ3v) is 3.38. The third-order valence-electron chi connectivity index (χ3n) is 2.42. The van der Waals surface area contributed by atoms with Gasteiger partial charge in [-0.15, -0.1) is 0 Å². The van der Waals surface area contributed by atoms with Crippen LogP contribution in [0.4, 0.5) is 5.69 Å². The van der Waals surface area contributed by atoms with E-state index in [0.717, 1.165) is 35.4 Å². The number of hydrogen-bond acceptors (Lipinski definition) is 1. The van der Waals surface area contributed by atoms with Gasteiger partial charge in [0.1, 0.15) is 0 Å². The van der Waals surface area contributed by atoms with Gasteiger partial charge in [0.15, 0.2) is 0 Å². The van der Waals surface area contributed by atoms with Crippen LogP contribution in [0.2, 0.25) is 5.02 Å². The van der Waals surface area contributed by atoms with Gasteiger partial charge in [0, 0.05) is 29.1 Å². The van der Waals surface area contributed by atoms with E-state index < -0.39 is 0 Å². The molecule has 0 bridgehead atoms. The fourth-order valence-electron chi connectivity index (χ4n) is 1.58. The van der Waals surface area contributed by atoms with Crippen molar-refractivity contribution in [3.05, 3.63) is 28.8 Å². The Morgan fingerprint density at radius 1 is 1.33 bits per heavy atom. The molecule has 0 radical (unpaired) electrons. The number of rotatable bonds is 5. The molecular formula is C12H17BrClN. The van der Waals surface area contributed by atoms with Gasteiger partial charge in [0.05, 0.1) is 0 Å². The second kappa shape index (κ2) is 6.39.